The lowest BCUT2D eigenvalue weighted by atomic mass is 10.2. The molecule has 0 aliphatic rings. The van der Waals surface area contributed by atoms with Crippen LogP contribution >= 0.6 is 0 Å². The van der Waals surface area contributed by atoms with Crippen LogP contribution in [0.25, 0.3) is 0 Å². The number of nitrogens with one attached hydrogen (secondary N) is 1. The first-order valence-electron chi connectivity index (χ1n) is 5.14. The molecule has 0 saturated heterocycles. The van der Waals surface area contributed by atoms with Crippen molar-refractivity contribution < 1.29 is 9.72 Å². The minimum Gasteiger partial charge on any atom is -0.370 e. The fourth-order valence-corrected chi connectivity index (χ4v) is 1.30. The van der Waals surface area contributed by atoms with Crippen molar-refractivity contribution in [3.63, 3.8) is 0 Å². The van der Waals surface area contributed by atoms with Gasteiger partial charge in [-0.3, -0.25) is 14.9 Å². The molecule has 7 nitrogen and oxygen atoms in total. The maximum atomic E-state index is 10.8. The van der Waals surface area contributed by atoms with E-state index in [0.717, 1.165) is 5.56 Å². The molecule has 0 fully saturated rings. The molecule has 1 rings (SSSR count). The van der Waals surface area contributed by atoms with Crippen LogP contribution in [-0.2, 0) is 4.79 Å². The molecule has 0 radical (unpaired) electrons. The van der Waals surface area contributed by atoms with Crippen molar-refractivity contribution in [3.05, 3.63) is 27.9 Å². The minimum absolute atomic E-state index is 0.0657. The largest absolute Gasteiger partial charge is 0.370 e. The molecular formula is C10H14N4O3. The Morgan fingerprint density at radius 3 is 2.94 bits per heavy atom. The number of aromatic nitrogens is 1. The van der Waals surface area contributed by atoms with Crippen molar-refractivity contribution in [2.75, 3.05) is 11.9 Å². The SMILES string of the molecule is Cc1cnc(NCCCC(N)=O)c([N+](=O)[O-])c1. The van der Waals surface area contributed by atoms with Gasteiger partial charge in [0.25, 0.3) is 0 Å². The third-order valence-electron chi connectivity index (χ3n) is 2.09. The van der Waals surface area contributed by atoms with Crippen molar-refractivity contribution in [1.82, 2.24) is 4.98 Å². The topological polar surface area (TPSA) is 111 Å². The van der Waals surface area contributed by atoms with Crippen LogP contribution in [0.15, 0.2) is 12.3 Å². The molecule has 17 heavy (non-hydrogen) atoms. The van der Waals surface area contributed by atoms with Gasteiger partial charge in [0.1, 0.15) is 0 Å². The number of nitrogens with zero attached hydrogens (tertiary/aromatic N) is 2. The van der Waals surface area contributed by atoms with Gasteiger partial charge in [-0.05, 0) is 18.9 Å². The molecule has 0 spiro atoms. The third kappa shape index (κ3) is 4.06. The fraction of sp³-hybridized carbons (Fsp3) is 0.400. The summed E-state index contributed by atoms with van der Waals surface area (Å²) < 4.78 is 0. The number of hydrogen-bond donors (Lipinski definition) is 2. The lowest BCUT2D eigenvalue weighted by Crippen LogP contribution is -2.13. The molecule has 0 saturated carbocycles. The van der Waals surface area contributed by atoms with Crippen LogP contribution in [0.1, 0.15) is 18.4 Å². The molecule has 3 N–H and O–H groups in total. The van der Waals surface area contributed by atoms with Gasteiger partial charge in [0, 0.05) is 25.2 Å². The Labute approximate surface area is 98.2 Å². The van der Waals surface area contributed by atoms with E-state index in [1.807, 2.05) is 0 Å². The van der Waals surface area contributed by atoms with E-state index >= 15 is 0 Å². The van der Waals surface area contributed by atoms with Crippen LogP contribution in [0.5, 0.6) is 0 Å². The Morgan fingerprint density at radius 2 is 2.35 bits per heavy atom. The number of anilines is 1. The Bertz CT molecular complexity index is 434. The van der Waals surface area contributed by atoms with Gasteiger partial charge in [-0.25, -0.2) is 4.98 Å². The first-order chi connectivity index (χ1) is 8.00. The number of pyridine rings is 1. The number of amides is 1. The number of rotatable bonds is 6. The molecule has 0 atom stereocenters. The Morgan fingerprint density at radius 1 is 1.65 bits per heavy atom. The van der Waals surface area contributed by atoms with E-state index in [-0.39, 0.29) is 17.9 Å². The van der Waals surface area contributed by atoms with Gasteiger partial charge in [-0.2, -0.15) is 0 Å². The van der Waals surface area contributed by atoms with Crippen LogP contribution in [-0.4, -0.2) is 22.4 Å². The third-order valence-corrected chi connectivity index (χ3v) is 2.09. The summed E-state index contributed by atoms with van der Waals surface area (Å²) in [6.45, 7) is 2.15. The van der Waals surface area contributed by atoms with Crippen molar-refractivity contribution >= 4 is 17.4 Å². The zero-order chi connectivity index (χ0) is 12.8. The predicted molar refractivity (Wildman–Crippen MR) is 62.5 cm³/mol. The Balaban J connectivity index is 2.64. The molecule has 0 unspecified atom stereocenters. The summed E-state index contributed by atoms with van der Waals surface area (Å²) >= 11 is 0. The molecule has 0 aliphatic carbocycles. The number of hydrogen-bond acceptors (Lipinski definition) is 5. The molecule has 92 valence electrons. The summed E-state index contributed by atoms with van der Waals surface area (Å²) in [5.41, 5.74) is 5.64. The number of nitro groups is 1. The van der Waals surface area contributed by atoms with Crippen LogP contribution in [0.2, 0.25) is 0 Å². The second kappa shape index (κ2) is 5.78. The van der Waals surface area contributed by atoms with Crippen molar-refractivity contribution in [3.8, 4) is 0 Å². The smallest absolute Gasteiger partial charge is 0.311 e. The Hall–Kier alpha value is -2.18. The van der Waals surface area contributed by atoms with E-state index in [1.54, 1.807) is 13.1 Å². The molecule has 0 bridgehead atoms. The van der Waals surface area contributed by atoms with Gasteiger partial charge < -0.3 is 11.1 Å². The molecule has 1 aromatic heterocycles. The van der Waals surface area contributed by atoms with E-state index < -0.39 is 10.8 Å². The second-order valence-corrected chi connectivity index (χ2v) is 3.63. The van der Waals surface area contributed by atoms with Gasteiger partial charge in [-0.1, -0.05) is 0 Å². The summed E-state index contributed by atoms with van der Waals surface area (Å²) in [5, 5.41) is 13.6. The van der Waals surface area contributed by atoms with Crippen molar-refractivity contribution in [2.24, 2.45) is 5.73 Å². The molecule has 0 aromatic carbocycles. The summed E-state index contributed by atoms with van der Waals surface area (Å²) in [6, 6.07) is 1.45. The van der Waals surface area contributed by atoms with Crippen molar-refractivity contribution in [1.29, 1.82) is 0 Å². The highest BCUT2D eigenvalue weighted by molar-refractivity contribution is 5.73. The predicted octanol–water partition coefficient (Wildman–Crippen LogP) is 0.976. The molecule has 7 heteroatoms. The summed E-state index contributed by atoms with van der Waals surface area (Å²) in [4.78, 5) is 24.7. The van der Waals surface area contributed by atoms with Gasteiger partial charge in [0.05, 0.1) is 4.92 Å². The normalized spacial score (nSPS) is 9.94. The van der Waals surface area contributed by atoms with Gasteiger partial charge >= 0.3 is 5.69 Å². The van der Waals surface area contributed by atoms with E-state index in [4.69, 9.17) is 5.73 Å². The van der Waals surface area contributed by atoms with E-state index in [2.05, 4.69) is 10.3 Å². The highest BCUT2D eigenvalue weighted by Crippen LogP contribution is 2.22. The van der Waals surface area contributed by atoms with Crippen molar-refractivity contribution in [2.45, 2.75) is 19.8 Å². The quantitative estimate of drug-likeness (QED) is 0.436. The van der Waals surface area contributed by atoms with E-state index in [1.165, 1.54) is 6.07 Å². The van der Waals surface area contributed by atoms with Crippen LogP contribution < -0.4 is 11.1 Å². The standard InChI is InChI=1S/C10H14N4O3/c1-7-5-8(14(16)17)10(13-6-7)12-4-2-3-9(11)15/h5-6H,2-4H2,1H3,(H2,11,15)(H,12,13). The summed E-state index contributed by atoms with van der Waals surface area (Å²) in [7, 11) is 0. The number of nitrogens with two attached hydrogens (primary N) is 1. The minimum atomic E-state index is -0.490. The lowest BCUT2D eigenvalue weighted by molar-refractivity contribution is -0.384. The number of carbonyl (C=O) groups excluding carboxylic acids is 1. The molecule has 1 heterocycles. The number of aryl methyl sites for hydroxylation is 1. The van der Waals surface area contributed by atoms with Crippen LogP contribution in [0.3, 0.4) is 0 Å². The monoisotopic (exact) mass is 238 g/mol. The number of primary amides is 1. The average Bonchev–Trinajstić information content (AvgIpc) is 2.25. The molecule has 1 aromatic rings. The van der Waals surface area contributed by atoms with E-state index in [9.17, 15) is 14.9 Å². The van der Waals surface area contributed by atoms with Gasteiger partial charge in [-0.15, -0.1) is 0 Å². The lowest BCUT2D eigenvalue weighted by Gasteiger charge is -2.05. The van der Waals surface area contributed by atoms with Crippen LogP contribution in [0.4, 0.5) is 11.5 Å². The zero-order valence-corrected chi connectivity index (χ0v) is 9.47. The first-order valence-corrected chi connectivity index (χ1v) is 5.14. The van der Waals surface area contributed by atoms with Gasteiger partial charge in [0.15, 0.2) is 0 Å². The molecule has 1 amide bonds. The van der Waals surface area contributed by atoms with Crippen LogP contribution in [0, 0.1) is 17.0 Å². The van der Waals surface area contributed by atoms with Gasteiger partial charge in [0.2, 0.25) is 11.7 Å². The van der Waals surface area contributed by atoms with E-state index in [0.29, 0.717) is 13.0 Å². The molecule has 0 aliphatic heterocycles. The average molecular weight is 238 g/mol. The summed E-state index contributed by atoms with van der Waals surface area (Å²) in [6.07, 6.45) is 2.30. The second-order valence-electron chi connectivity index (χ2n) is 3.63. The Kier molecular flexibility index (Phi) is 4.38. The maximum absolute atomic E-state index is 10.8. The molecular weight excluding hydrogens is 224 g/mol. The highest BCUT2D eigenvalue weighted by Gasteiger charge is 2.14. The maximum Gasteiger partial charge on any atom is 0.311 e. The fourth-order valence-electron chi connectivity index (χ4n) is 1.30. The zero-order valence-electron chi connectivity index (χ0n) is 9.47. The highest BCUT2D eigenvalue weighted by atomic mass is 16.6. The number of carbonyl (C=O) groups is 1. The summed E-state index contributed by atoms with van der Waals surface area (Å²) in [5.74, 6) is -0.178. The first kappa shape index (κ1) is 12.9.